The van der Waals surface area contributed by atoms with Gasteiger partial charge in [-0.15, -0.1) is 0 Å². The van der Waals surface area contributed by atoms with Crippen LogP contribution in [-0.2, 0) is 0 Å². The van der Waals surface area contributed by atoms with Gasteiger partial charge in [-0.05, 0) is 72.6 Å². The second kappa shape index (κ2) is 11.3. The zero-order valence-electron chi connectivity index (χ0n) is 17.2. The lowest BCUT2D eigenvalue weighted by Crippen LogP contribution is -2.17. The SMILES string of the molecule is CCCCOc1ccc(C(=O)Oc2ccc(C=NNC(=O)c3cccnc3)cc2)cc1. The number of pyridine rings is 1. The molecule has 0 fully saturated rings. The molecule has 3 rings (SSSR count). The molecule has 1 heterocycles. The van der Waals surface area contributed by atoms with E-state index in [1.807, 2.05) is 0 Å². The maximum absolute atomic E-state index is 12.3. The number of carbonyl (C=O) groups is 2. The van der Waals surface area contributed by atoms with Gasteiger partial charge in [0.15, 0.2) is 0 Å². The molecule has 7 heteroatoms. The number of benzene rings is 2. The van der Waals surface area contributed by atoms with Gasteiger partial charge in [0.05, 0.1) is 23.9 Å². The average Bonchev–Trinajstić information content (AvgIpc) is 2.81. The molecule has 0 aliphatic carbocycles. The molecule has 3 aromatic rings. The highest BCUT2D eigenvalue weighted by atomic mass is 16.5. The average molecular weight is 417 g/mol. The second-order valence-electron chi connectivity index (χ2n) is 6.63. The van der Waals surface area contributed by atoms with E-state index in [2.05, 4.69) is 22.4 Å². The van der Waals surface area contributed by atoms with Crippen LogP contribution in [0, 0.1) is 0 Å². The monoisotopic (exact) mass is 417 g/mol. The summed E-state index contributed by atoms with van der Waals surface area (Å²) in [5.74, 6) is 0.330. The maximum Gasteiger partial charge on any atom is 0.343 e. The number of hydrogen-bond acceptors (Lipinski definition) is 6. The number of nitrogens with one attached hydrogen (secondary N) is 1. The van der Waals surface area contributed by atoms with Crippen LogP contribution >= 0.6 is 0 Å². The lowest BCUT2D eigenvalue weighted by molar-refractivity contribution is 0.0734. The Kier molecular flexibility index (Phi) is 7.88. The van der Waals surface area contributed by atoms with Crippen molar-refractivity contribution in [2.75, 3.05) is 6.61 Å². The van der Waals surface area contributed by atoms with Crippen molar-refractivity contribution in [1.82, 2.24) is 10.4 Å². The number of rotatable bonds is 9. The third-order valence-electron chi connectivity index (χ3n) is 4.25. The molecule has 1 N–H and O–H groups in total. The number of aromatic nitrogens is 1. The molecule has 0 saturated heterocycles. The van der Waals surface area contributed by atoms with Crippen LogP contribution in [0.5, 0.6) is 11.5 Å². The number of carbonyl (C=O) groups excluding carboxylic acids is 2. The fraction of sp³-hybridized carbons (Fsp3) is 0.167. The molecule has 7 nitrogen and oxygen atoms in total. The number of amides is 1. The molecule has 158 valence electrons. The number of ether oxygens (including phenoxy) is 2. The summed E-state index contributed by atoms with van der Waals surface area (Å²) < 4.78 is 11.0. The lowest BCUT2D eigenvalue weighted by atomic mass is 10.2. The van der Waals surface area contributed by atoms with Gasteiger partial charge in [0.2, 0.25) is 0 Å². The van der Waals surface area contributed by atoms with Gasteiger partial charge < -0.3 is 9.47 Å². The molecule has 0 spiro atoms. The first-order valence-electron chi connectivity index (χ1n) is 9.94. The van der Waals surface area contributed by atoms with Gasteiger partial charge in [0.25, 0.3) is 5.91 Å². The highest BCUT2D eigenvalue weighted by Gasteiger charge is 2.09. The van der Waals surface area contributed by atoms with E-state index in [0.29, 0.717) is 23.5 Å². The normalized spacial score (nSPS) is 10.6. The van der Waals surface area contributed by atoms with E-state index in [1.54, 1.807) is 66.9 Å². The predicted octanol–water partition coefficient (Wildman–Crippen LogP) is 4.24. The summed E-state index contributed by atoms with van der Waals surface area (Å²) in [5.41, 5.74) is 4.02. The van der Waals surface area contributed by atoms with Gasteiger partial charge in [-0.25, -0.2) is 10.2 Å². The smallest absolute Gasteiger partial charge is 0.343 e. The first kappa shape index (κ1) is 21.7. The van der Waals surface area contributed by atoms with Crippen LogP contribution in [0.1, 0.15) is 46.0 Å². The number of nitrogens with zero attached hydrogens (tertiary/aromatic N) is 2. The fourth-order valence-corrected chi connectivity index (χ4v) is 2.54. The highest BCUT2D eigenvalue weighted by Crippen LogP contribution is 2.16. The van der Waals surface area contributed by atoms with E-state index in [0.717, 1.165) is 24.2 Å². The van der Waals surface area contributed by atoms with Crippen LogP contribution in [0.2, 0.25) is 0 Å². The first-order chi connectivity index (χ1) is 15.2. The Morgan fingerprint density at radius 2 is 1.74 bits per heavy atom. The van der Waals surface area contributed by atoms with Crippen molar-refractivity contribution in [3.05, 3.63) is 89.7 Å². The van der Waals surface area contributed by atoms with Crippen LogP contribution < -0.4 is 14.9 Å². The van der Waals surface area contributed by atoms with Crippen molar-refractivity contribution < 1.29 is 19.1 Å². The molecule has 1 amide bonds. The summed E-state index contributed by atoms with van der Waals surface area (Å²) >= 11 is 0. The molecule has 0 bridgehead atoms. The van der Waals surface area contributed by atoms with Gasteiger partial charge >= 0.3 is 5.97 Å². The first-order valence-corrected chi connectivity index (χ1v) is 9.94. The van der Waals surface area contributed by atoms with Crippen LogP contribution in [0.15, 0.2) is 78.2 Å². The second-order valence-corrected chi connectivity index (χ2v) is 6.63. The third-order valence-corrected chi connectivity index (χ3v) is 4.25. The molecule has 0 radical (unpaired) electrons. The van der Waals surface area contributed by atoms with Crippen molar-refractivity contribution in [3.8, 4) is 11.5 Å². The summed E-state index contributed by atoms with van der Waals surface area (Å²) in [4.78, 5) is 28.1. The Labute approximate surface area is 180 Å². The Morgan fingerprint density at radius 1 is 1.00 bits per heavy atom. The standard InChI is InChI=1S/C24H23N3O4/c1-2-3-15-30-21-12-8-19(9-13-21)24(29)31-22-10-6-18(7-11-22)16-26-27-23(28)20-5-4-14-25-17-20/h4-14,16-17H,2-3,15H2,1H3,(H,27,28). The third kappa shape index (κ3) is 6.78. The Bertz CT molecular complexity index is 1020. The van der Waals surface area contributed by atoms with Gasteiger partial charge in [0, 0.05) is 12.4 Å². The molecule has 31 heavy (non-hydrogen) atoms. The van der Waals surface area contributed by atoms with Crippen molar-refractivity contribution >= 4 is 18.1 Å². The summed E-state index contributed by atoms with van der Waals surface area (Å²) in [6.45, 7) is 2.76. The van der Waals surface area contributed by atoms with Crippen LogP contribution in [0.4, 0.5) is 0 Å². The Morgan fingerprint density at radius 3 is 2.42 bits per heavy atom. The molecule has 2 aromatic carbocycles. The minimum atomic E-state index is -0.453. The van der Waals surface area contributed by atoms with E-state index in [9.17, 15) is 9.59 Å². The highest BCUT2D eigenvalue weighted by molar-refractivity contribution is 5.94. The van der Waals surface area contributed by atoms with Crippen molar-refractivity contribution in [2.45, 2.75) is 19.8 Å². The summed E-state index contributed by atoms with van der Waals surface area (Å²) in [7, 11) is 0. The minimum absolute atomic E-state index is 0.350. The molecule has 1 aromatic heterocycles. The van der Waals surface area contributed by atoms with Gasteiger partial charge in [-0.2, -0.15) is 5.10 Å². The molecule has 0 saturated carbocycles. The topological polar surface area (TPSA) is 89.9 Å². The van der Waals surface area contributed by atoms with Crippen molar-refractivity contribution in [1.29, 1.82) is 0 Å². The van der Waals surface area contributed by atoms with Crippen LogP contribution in [0.25, 0.3) is 0 Å². The largest absolute Gasteiger partial charge is 0.494 e. The fourth-order valence-electron chi connectivity index (χ4n) is 2.54. The summed E-state index contributed by atoms with van der Waals surface area (Å²) in [6.07, 6.45) is 6.60. The number of hydrogen-bond donors (Lipinski definition) is 1. The van der Waals surface area contributed by atoms with Gasteiger partial charge in [0.1, 0.15) is 11.5 Å². The summed E-state index contributed by atoms with van der Waals surface area (Å²) in [6, 6.07) is 17.0. The van der Waals surface area contributed by atoms with E-state index in [-0.39, 0.29) is 5.91 Å². The van der Waals surface area contributed by atoms with E-state index in [1.165, 1.54) is 12.4 Å². The van der Waals surface area contributed by atoms with Crippen LogP contribution in [0.3, 0.4) is 0 Å². The molecular weight excluding hydrogens is 394 g/mol. The van der Waals surface area contributed by atoms with E-state index in [4.69, 9.17) is 9.47 Å². The van der Waals surface area contributed by atoms with Crippen molar-refractivity contribution in [3.63, 3.8) is 0 Å². The molecular formula is C24H23N3O4. The molecule has 0 aliphatic heterocycles. The molecule has 0 aliphatic rings. The van der Waals surface area contributed by atoms with Gasteiger partial charge in [-0.1, -0.05) is 13.3 Å². The van der Waals surface area contributed by atoms with Gasteiger partial charge in [-0.3, -0.25) is 9.78 Å². The van der Waals surface area contributed by atoms with E-state index < -0.39 is 5.97 Å². The molecule has 0 unspecified atom stereocenters. The minimum Gasteiger partial charge on any atom is -0.494 e. The Hall–Kier alpha value is -4.00. The van der Waals surface area contributed by atoms with E-state index >= 15 is 0 Å². The Balaban J connectivity index is 1.50. The lowest BCUT2D eigenvalue weighted by Gasteiger charge is -2.07. The zero-order chi connectivity index (χ0) is 21.9. The number of unbranched alkanes of at least 4 members (excludes halogenated alkanes) is 1. The number of esters is 1. The van der Waals surface area contributed by atoms with Crippen molar-refractivity contribution in [2.24, 2.45) is 5.10 Å². The maximum atomic E-state index is 12.3. The summed E-state index contributed by atoms with van der Waals surface area (Å²) in [5, 5.41) is 3.92. The number of hydrazone groups is 1. The molecule has 0 atom stereocenters. The zero-order valence-corrected chi connectivity index (χ0v) is 17.2. The van der Waals surface area contributed by atoms with Crippen LogP contribution in [-0.4, -0.2) is 29.7 Å². The quantitative estimate of drug-likeness (QED) is 0.185. The predicted molar refractivity (Wildman–Crippen MR) is 118 cm³/mol.